The highest BCUT2D eigenvalue weighted by Crippen LogP contribution is 2.63. The SMILES string of the molecule is CCC(C)(CC(C)(CC(C)(CC(C)(C)C(=O)OC12CC3CC(CC(O)(C3)C1)C2)C(=O)OC1CCOC1=O)C(=O)OC1(C(C)(C)C)CCCC1)C(=O)OC12CC3CC(CC(C3)C1C(C)C)C2. The fourth-order valence-electron chi connectivity index (χ4n) is 16.8. The topological polar surface area (TPSA) is 152 Å². The molecule has 1 heterocycles. The number of ether oxygens (including phenoxy) is 5. The van der Waals surface area contributed by atoms with Crippen LogP contribution in [-0.2, 0) is 47.7 Å². The van der Waals surface area contributed by atoms with Gasteiger partial charge in [-0.05, 0) is 186 Å². The summed E-state index contributed by atoms with van der Waals surface area (Å²) in [6.45, 7) is 21.9. The van der Waals surface area contributed by atoms with Crippen LogP contribution in [0.3, 0.4) is 0 Å². The summed E-state index contributed by atoms with van der Waals surface area (Å²) in [6, 6.07) is 0. The van der Waals surface area contributed by atoms with E-state index >= 15 is 14.4 Å². The molecule has 1 N–H and O–H groups in total. The Hall–Kier alpha value is -2.69. The highest BCUT2D eigenvalue weighted by atomic mass is 16.6. The molecule has 1 saturated heterocycles. The van der Waals surface area contributed by atoms with Gasteiger partial charge in [0.1, 0.15) is 16.8 Å². The lowest BCUT2D eigenvalue weighted by Crippen LogP contribution is -2.61. The highest BCUT2D eigenvalue weighted by Gasteiger charge is 2.64. The minimum Gasteiger partial charge on any atom is -0.463 e. The molecule has 0 aromatic carbocycles. The summed E-state index contributed by atoms with van der Waals surface area (Å²) >= 11 is 0. The van der Waals surface area contributed by atoms with Gasteiger partial charge < -0.3 is 28.8 Å². The van der Waals surface area contributed by atoms with Crippen LogP contribution in [0.5, 0.6) is 0 Å². The molecule has 0 amide bonds. The molecule has 8 bridgehead atoms. The van der Waals surface area contributed by atoms with E-state index in [4.69, 9.17) is 23.7 Å². The van der Waals surface area contributed by atoms with Gasteiger partial charge in [0.25, 0.3) is 0 Å². The molecule has 10 rings (SSSR count). The number of carbonyl (C=O) groups is 5. The van der Waals surface area contributed by atoms with E-state index < -0.39 is 79.5 Å². The predicted molar refractivity (Wildman–Crippen MR) is 244 cm³/mol. The minimum atomic E-state index is -1.55. The van der Waals surface area contributed by atoms with Crippen molar-refractivity contribution in [2.45, 2.75) is 233 Å². The Balaban J connectivity index is 1.14. The van der Waals surface area contributed by atoms with Crippen molar-refractivity contribution < 1.29 is 52.8 Å². The molecule has 0 spiro atoms. The molecular weight excluding hydrogens is 825 g/mol. The third kappa shape index (κ3) is 8.94. The van der Waals surface area contributed by atoms with E-state index in [0.717, 1.165) is 44.9 Å². The maximum absolute atomic E-state index is 15.6. The fourth-order valence-corrected chi connectivity index (χ4v) is 16.8. The summed E-state index contributed by atoms with van der Waals surface area (Å²) in [6.07, 6.45) is 12.2. The van der Waals surface area contributed by atoms with Gasteiger partial charge in [0, 0.05) is 24.2 Å². The van der Waals surface area contributed by atoms with Gasteiger partial charge in [0.15, 0.2) is 0 Å². The Kier molecular flexibility index (Phi) is 12.4. The van der Waals surface area contributed by atoms with Crippen molar-refractivity contribution in [1.82, 2.24) is 0 Å². The van der Waals surface area contributed by atoms with Gasteiger partial charge in [-0.1, -0.05) is 41.5 Å². The average Bonchev–Trinajstić information content (AvgIpc) is 3.81. The molecule has 65 heavy (non-hydrogen) atoms. The maximum Gasteiger partial charge on any atom is 0.347 e. The Morgan fingerprint density at radius 1 is 0.692 bits per heavy atom. The van der Waals surface area contributed by atoms with Crippen LogP contribution in [0.15, 0.2) is 0 Å². The van der Waals surface area contributed by atoms with Crippen molar-refractivity contribution in [2.75, 3.05) is 6.61 Å². The molecular formula is C54H84O11. The van der Waals surface area contributed by atoms with Crippen molar-refractivity contribution in [2.24, 2.45) is 68.5 Å². The third-order valence-corrected chi connectivity index (χ3v) is 19.0. The van der Waals surface area contributed by atoms with E-state index in [-0.39, 0.29) is 44.2 Å². The van der Waals surface area contributed by atoms with E-state index in [2.05, 4.69) is 34.6 Å². The Labute approximate surface area is 389 Å². The van der Waals surface area contributed by atoms with Crippen LogP contribution < -0.4 is 0 Å². The van der Waals surface area contributed by atoms with Gasteiger partial charge in [-0.15, -0.1) is 0 Å². The van der Waals surface area contributed by atoms with Crippen molar-refractivity contribution in [1.29, 1.82) is 0 Å². The van der Waals surface area contributed by atoms with E-state index in [1.165, 1.54) is 19.3 Å². The number of cyclic esters (lactones) is 1. The summed E-state index contributed by atoms with van der Waals surface area (Å²) in [5.74, 6) is 0.250. The van der Waals surface area contributed by atoms with Crippen molar-refractivity contribution in [3.63, 3.8) is 0 Å². The molecule has 9 unspecified atom stereocenters. The van der Waals surface area contributed by atoms with Gasteiger partial charge in [-0.2, -0.15) is 0 Å². The highest BCUT2D eigenvalue weighted by molar-refractivity contribution is 5.86. The van der Waals surface area contributed by atoms with Crippen molar-refractivity contribution >= 4 is 29.8 Å². The van der Waals surface area contributed by atoms with Crippen LogP contribution >= 0.6 is 0 Å². The first-order valence-electron chi connectivity index (χ1n) is 25.9. The molecule has 10 aliphatic rings. The first-order valence-corrected chi connectivity index (χ1v) is 25.9. The standard InChI is InChI=1S/C54H84O11/c1-12-48(9,44(58)64-53-27-34-19-35(28-53)22-38(21-34)40(53)33(2)3)30-50(11,45(59)65-54(46(4,5)6)16-13-14-17-54)31-49(10,43(57)62-39-15-18-61-41(39)55)29-47(7,8)42(56)63-52-25-36-20-37(26-52)24-51(60,23-36)32-52/h33-40,60H,12-32H2,1-11H3. The first-order chi connectivity index (χ1) is 30.1. The van der Waals surface area contributed by atoms with Gasteiger partial charge in [-0.25, -0.2) is 4.79 Å². The number of carbonyl (C=O) groups excluding carboxylic acids is 5. The average molecular weight is 909 g/mol. The Morgan fingerprint density at radius 2 is 1.25 bits per heavy atom. The minimum absolute atomic E-state index is 0.0385. The predicted octanol–water partition coefficient (Wildman–Crippen LogP) is 10.4. The van der Waals surface area contributed by atoms with Gasteiger partial charge in [0.05, 0.1) is 33.9 Å². The molecule has 11 heteroatoms. The Morgan fingerprint density at radius 3 is 1.77 bits per heavy atom. The lowest BCUT2D eigenvalue weighted by molar-refractivity contribution is -0.226. The zero-order valence-electron chi connectivity index (χ0n) is 42.0. The quantitative estimate of drug-likeness (QED) is 0.116. The van der Waals surface area contributed by atoms with E-state index in [1.54, 1.807) is 20.8 Å². The summed E-state index contributed by atoms with van der Waals surface area (Å²) in [5.41, 5.74) is -8.72. The summed E-state index contributed by atoms with van der Waals surface area (Å²) in [5, 5.41) is 11.5. The van der Waals surface area contributed by atoms with Gasteiger partial charge >= 0.3 is 29.8 Å². The number of esters is 5. The van der Waals surface area contributed by atoms with Crippen LogP contribution in [0.1, 0.15) is 205 Å². The molecule has 9 saturated carbocycles. The summed E-state index contributed by atoms with van der Waals surface area (Å²) < 4.78 is 31.7. The van der Waals surface area contributed by atoms with E-state index in [1.807, 2.05) is 20.8 Å². The normalized spacial score (nSPS) is 38.4. The van der Waals surface area contributed by atoms with Crippen molar-refractivity contribution in [3.05, 3.63) is 0 Å². The van der Waals surface area contributed by atoms with Crippen molar-refractivity contribution in [3.8, 4) is 0 Å². The van der Waals surface area contributed by atoms with Gasteiger partial charge in [0.2, 0.25) is 6.10 Å². The molecule has 0 aromatic rings. The molecule has 0 aromatic heterocycles. The lowest BCUT2D eigenvalue weighted by Gasteiger charge is -2.62. The lowest BCUT2D eigenvalue weighted by atomic mass is 9.47. The maximum atomic E-state index is 15.6. The van der Waals surface area contributed by atoms with E-state index in [0.29, 0.717) is 74.0 Å². The molecule has 9 atom stereocenters. The zero-order chi connectivity index (χ0) is 47.4. The second kappa shape index (κ2) is 16.5. The van der Waals surface area contributed by atoms with Gasteiger partial charge in [-0.3, -0.25) is 19.2 Å². The second-order valence-corrected chi connectivity index (χ2v) is 26.7. The smallest absolute Gasteiger partial charge is 0.347 e. The zero-order valence-corrected chi connectivity index (χ0v) is 42.0. The summed E-state index contributed by atoms with van der Waals surface area (Å²) in [4.78, 5) is 73.3. The van der Waals surface area contributed by atoms with Crippen LogP contribution in [0.25, 0.3) is 0 Å². The van der Waals surface area contributed by atoms with Crippen LogP contribution in [0.4, 0.5) is 0 Å². The number of rotatable bonds is 16. The fraction of sp³-hybridized carbons (Fsp3) is 0.907. The monoisotopic (exact) mass is 909 g/mol. The van der Waals surface area contributed by atoms with E-state index in [9.17, 15) is 14.7 Å². The molecule has 0 radical (unpaired) electrons. The number of hydrogen-bond acceptors (Lipinski definition) is 11. The Bertz CT molecular complexity index is 1860. The number of aliphatic hydroxyl groups is 1. The molecule has 1 aliphatic heterocycles. The first kappa shape index (κ1) is 48.8. The molecule has 10 fully saturated rings. The van der Waals surface area contributed by atoms with Crippen LogP contribution in [-0.4, -0.2) is 70.1 Å². The third-order valence-electron chi connectivity index (χ3n) is 19.0. The number of hydrogen-bond donors (Lipinski definition) is 1. The molecule has 366 valence electrons. The molecule has 9 aliphatic carbocycles. The molecule has 11 nitrogen and oxygen atoms in total. The second-order valence-electron chi connectivity index (χ2n) is 26.7. The van der Waals surface area contributed by atoms with Crippen LogP contribution in [0.2, 0.25) is 0 Å². The summed E-state index contributed by atoms with van der Waals surface area (Å²) in [7, 11) is 0. The largest absolute Gasteiger partial charge is 0.463 e. The van der Waals surface area contributed by atoms with Crippen LogP contribution in [0, 0.1) is 68.5 Å².